The molecule has 0 heterocycles. The second-order valence-corrected chi connectivity index (χ2v) is 9.36. The number of benzene rings is 4. The molecule has 1 aliphatic rings. The van der Waals surface area contributed by atoms with Crippen LogP contribution in [-0.4, -0.2) is 24.5 Å². The van der Waals surface area contributed by atoms with Crippen LogP contribution in [0.4, 0.5) is 21.5 Å². The van der Waals surface area contributed by atoms with Gasteiger partial charge in [0.1, 0.15) is 22.2 Å². The van der Waals surface area contributed by atoms with Gasteiger partial charge in [-0.1, -0.05) is 24.3 Å². The lowest BCUT2D eigenvalue weighted by Gasteiger charge is -2.23. The van der Waals surface area contributed by atoms with Crippen molar-refractivity contribution in [3.8, 4) is 11.5 Å². The van der Waals surface area contributed by atoms with Crippen molar-refractivity contribution < 1.29 is 31.7 Å². The molecule has 0 saturated heterocycles. The van der Waals surface area contributed by atoms with Crippen LogP contribution in [0.5, 0.6) is 11.5 Å². The van der Waals surface area contributed by atoms with Gasteiger partial charge in [-0.2, -0.15) is 8.42 Å². The van der Waals surface area contributed by atoms with Crippen LogP contribution < -0.4 is 15.8 Å². The van der Waals surface area contributed by atoms with Crippen LogP contribution in [0.15, 0.2) is 83.8 Å². The number of nitrogens with one attached hydrogen (secondary N) is 1. The first-order chi connectivity index (χ1) is 17.1. The lowest BCUT2D eigenvalue weighted by atomic mass is 9.82. The molecule has 0 atom stereocenters. The molecule has 0 saturated carbocycles. The Kier molecular flexibility index (Phi) is 5.54. The second kappa shape index (κ2) is 8.59. The van der Waals surface area contributed by atoms with Crippen LogP contribution in [0.3, 0.4) is 0 Å². The third-order valence-corrected chi connectivity index (χ3v) is 6.55. The number of nitrogen functional groups attached to an aromatic ring is 1. The maximum absolute atomic E-state index is 13.4. The number of ether oxygens (including phenoxy) is 1. The van der Waals surface area contributed by atoms with E-state index in [0.717, 1.165) is 6.07 Å². The number of anilines is 3. The minimum absolute atomic E-state index is 0.0214. The Morgan fingerprint density at radius 1 is 0.806 bits per heavy atom. The van der Waals surface area contributed by atoms with Crippen molar-refractivity contribution in [1.82, 2.24) is 0 Å². The summed E-state index contributed by atoms with van der Waals surface area (Å²) < 4.78 is 52.5. The van der Waals surface area contributed by atoms with Crippen molar-refractivity contribution in [3.05, 3.63) is 107 Å². The van der Waals surface area contributed by atoms with E-state index in [-0.39, 0.29) is 27.9 Å². The number of ketones is 2. The van der Waals surface area contributed by atoms with Gasteiger partial charge in [-0.15, -0.1) is 0 Å². The molecule has 0 fully saturated rings. The molecule has 10 heteroatoms. The topological polar surface area (TPSA) is 136 Å². The zero-order valence-corrected chi connectivity index (χ0v) is 19.2. The van der Waals surface area contributed by atoms with E-state index in [2.05, 4.69) is 5.32 Å². The molecule has 180 valence electrons. The highest BCUT2D eigenvalue weighted by Crippen LogP contribution is 2.40. The zero-order valence-electron chi connectivity index (χ0n) is 18.4. The van der Waals surface area contributed by atoms with Crippen molar-refractivity contribution in [2.75, 3.05) is 11.1 Å². The summed E-state index contributed by atoms with van der Waals surface area (Å²) in [5, 5.41) is 2.94. The van der Waals surface area contributed by atoms with Crippen LogP contribution in [-0.2, 0) is 10.1 Å². The third-order valence-electron chi connectivity index (χ3n) is 5.66. The molecule has 4 N–H and O–H groups in total. The Balaban J connectivity index is 1.56. The van der Waals surface area contributed by atoms with Crippen molar-refractivity contribution in [2.45, 2.75) is 4.90 Å². The van der Waals surface area contributed by atoms with Crippen molar-refractivity contribution >= 4 is 38.7 Å². The van der Waals surface area contributed by atoms with E-state index >= 15 is 0 Å². The van der Waals surface area contributed by atoms with E-state index in [1.165, 1.54) is 36.4 Å². The maximum Gasteiger partial charge on any atom is 0.296 e. The van der Waals surface area contributed by atoms with E-state index in [0.29, 0.717) is 17.2 Å². The Morgan fingerprint density at radius 3 is 1.89 bits per heavy atom. The molecule has 8 nitrogen and oxygen atoms in total. The number of halogens is 1. The molecule has 0 amide bonds. The van der Waals surface area contributed by atoms with Gasteiger partial charge in [-0.05, 0) is 54.6 Å². The number of hydrogen-bond donors (Lipinski definition) is 3. The van der Waals surface area contributed by atoms with Crippen molar-refractivity contribution in [3.63, 3.8) is 0 Å². The van der Waals surface area contributed by atoms with Crippen LogP contribution in [0.1, 0.15) is 31.8 Å². The predicted octanol–water partition coefficient (Wildman–Crippen LogP) is 4.97. The minimum atomic E-state index is -4.82. The number of nitrogens with two attached hydrogens (primary N) is 1. The second-order valence-electron chi connectivity index (χ2n) is 7.97. The number of rotatable bonds is 5. The van der Waals surface area contributed by atoms with Gasteiger partial charge >= 0.3 is 0 Å². The summed E-state index contributed by atoms with van der Waals surface area (Å²) in [6.45, 7) is 0. The highest BCUT2D eigenvalue weighted by Gasteiger charge is 2.36. The lowest BCUT2D eigenvalue weighted by molar-refractivity contribution is 0.0980. The molecule has 0 aliphatic heterocycles. The van der Waals surface area contributed by atoms with E-state index in [9.17, 15) is 27.0 Å². The standard InChI is InChI=1S/C26H17FN2O6S/c27-14-5-9-16(10-6-14)35-17-11-7-15(8-12-17)29-20-13-21(36(32,33)34)24(28)23-22(20)25(30)18-3-1-2-4-19(18)26(23)31/h1-13,29H,28H2,(H,32,33,34). The smallest absolute Gasteiger partial charge is 0.296 e. The van der Waals surface area contributed by atoms with Crippen molar-refractivity contribution in [1.29, 1.82) is 0 Å². The maximum atomic E-state index is 13.4. The van der Waals surface area contributed by atoms with Crippen LogP contribution >= 0.6 is 0 Å². The number of hydrogen-bond acceptors (Lipinski definition) is 7. The summed E-state index contributed by atoms with van der Waals surface area (Å²) in [6.07, 6.45) is 0. The van der Waals surface area contributed by atoms with Gasteiger partial charge < -0.3 is 15.8 Å². The fraction of sp³-hybridized carbons (Fsp3) is 0. The monoisotopic (exact) mass is 504 g/mol. The normalized spacial score (nSPS) is 12.6. The Bertz CT molecular complexity index is 1650. The quantitative estimate of drug-likeness (QED) is 0.226. The SMILES string of the molecule is Nc1c(S(=O)(=O)O)cc(Nc2ccc(Oc3ccc(F)cc3)cc2)c2c1C(=O)c1ccccc1C2=O. The summed E-state index contributed by atoms with van der Waals surface area (Å²) >= 11 is 0. The third kappa shape index (κ3) is 4.08. The van der Waals surface area contributed by atoms with E-state index < -0.39 is 38.1 Å². The van der Waals surface area contributed by atoms with Gasteiger partial charge in [0, 0.05) is 16.8 Å². The summed E-state index contributed by atoms with van der Waals surface area (Å²) in [6, 6.07) is 19.0. The Morgan fingerprint density at radius 2 is 1.33 bits per heavy atom. The van der Waals surface area contributed by atoms with E-state index in [1.807, 2.05) is 0 Å². The largest absolute Gasteiger partial charge is 0.457 e. The summed E-state index contributed by atoms with van der Waals surface area (Å²) in [7, 11) is -4.82. The molecule has 1 aliphatic carbocycles. The first kappa shape index (κ1) is 23.2. The van der Waals surface area contributed by atoms with E-state index in [1.54, 1.807) is 36.4 Å². The van der Waals surface area contributed by atoms with Gasteiger partial charge in [0.15, 0.2) is 11.6 Å². The van der Waals surface area contributed by atoms with Gasteiger partial charge in [-0.25, -0.2) is 4.39 Å². The molecule has 36 heavy (non-hydrogen) atoms. The zero-order chi connectivity index (χ0) is 25.6. The lowest BCUT2D eigenvalue weighted by Crippen LogP contribution is -2.25. The van der Waals surface area contributed by atoms with E-state index in [4.69, 9.17) is 10.5 Å². The molecular weight excluding hydrogens is 487 g/mol. The highest BCUT2D eigenvalue weighted by molar-refractivity contribution is 7.86. The van der Waals surface area contributed by atoms with Gasteiger partial charge in [0.05, 0.1) is 22.5 Å². The van der Waals surface area contributed by atoms with Crippen LogP contribution in [0.25, 0.3) is 0 Å². The van der Waals surface area contributed by atoms with Gasteiger partial charge in [-0.3, -0.25) is 14.1 Å². The first-order valence-electron chi connectivity index (χ1n) is 10.6. The molecule has 0 aromatic heterocycles. The molecule has 0 radical (unpaired) electrons. The van der Waals surface area contributed by atoms with Crippen molar-refractivity contribution in [2.24, 2.45) is 0 Å². The number of carbonyl (C=O) groups excluding carboxylic acids is 2. The van der Waals surface area contributed by atoms with Crippen LogP contribution in [0, 0.1) is 5.82 Å². The fourth-order valence-corrected chi connectivity index (χ4v) is 4.65. The predicted molar refractivity (Wildman–Crippen MR) is 130 cm³/mol. The van der Waals surface area contributed by atoms with Gasteiger partial charge in [0.25, 0.3) is 10.1 Å². The average molecular weight is 504 g/mol. The Hall–Kier alpha value is -4.54. The molecular formula is C26H17FN2O6S. The first-order valence-corrected chi connectivity index (χ1v) is 12.0. The average Bonchev–Trinajstić information content (AvgIpc) is 2.85. The van der Waals surface area contributed by atoms with Gasteiger partial charge in [0.2, 0.25) is 0 Å². The minimum Gasteiger partial charge on any atom is -0.457 e. The fourth-order valence-electron chi connectivity index (χ4n) is 4.01. The number of carbonyl (C=O) groups is 2. The summed E-state index contributed by atoms with van der Waals surface area (Å²) in [5.74, 6) is -0.689. The van der Waals surface area contributed by atoms with Crippen LogP contribution in [0.2, 0.25) is 0 Å². The molecule has 0 spiro atoms. The Labute approximate surface area is 204 Å². The molecule has 0 unspecified atom stereocenters. The molecule has 0 bridgehead atoms. The summed E-state index contributed by atoms with van der Waals surface area (Å²) in [4.78, 5) is 25.9. The molecule has 5 rings (SSSR count). The highest BCUT2D eigenvalue weighted by atomic mass is 32.2. The molecule has 4 aromatic carbocycles. The molecule has 4 aromatic rings. The number of fused-ring (bicyclic) bond motifs is 2. The summed E-state index contributed by atoms with van der Waals surface area (Å²) in [5.41, 5.74) is 5.72.